The number of hydrogen-bond donors (Lipinski definition) is 0. The Morgan fingerprint density at radius 1 is 1.00 bits per heavy atom. The fraction of sp³-hybridized carbons (Fsp3) is 0.278. The van der Waals surface area contributed by atoms with Gasteiger partial charge in [0, 0.05) is 17.5 Å². The maximum atomic E-state index is 4.76. The normalized spacial score (nSPS) is 13.8. The van der Waals surface area contributed by atoms with Gasteiger partial charge in [-0.15, -0.1) is 24.0 Å². The second-order valence-electron chi connectivity index (χ2n) is 5.71. The number of hydrogen-bond acceptors (Lipinski definition) is 1. The van der Waals surface area contributed by atoms with Crippen LogP contribution in [0.5, 0.6) is 0 Å². The Kier molecular flexibility index (Phi) is 4.02. The predicted molar refractivity (Wildman–Crippen MR) is 97.4 cm³/mol. The summed E-state index contributed by atoms with van der Waals surface area (Å²) < 4.78 is 2.16. The Morgan fingerprint density at radius 2 is 1.81 bits per heavy atom. The molecule has 1 aliphatic rings. The maximum Gasteiger partial charge on any atom is 0.137 e. The Balaban J connectivity index is 0.00000132. The molecule has 0 saturated heterocycles. The molecule has 0 N–H and O–H groups in total. The zero-order chi connectivity index (χ0) is 13.5. The molecule has 3 heteroatoms. The van der Waals surface area contributed by atoms with Crippen molar-refractivity contribution in [2.75, 3.05) is 0 Å². The first-order valence-electron chi connectivity index (χ1n) is 7.38. The van der Waals surface area contributed by atoms with Gasteiger partial charge in [-0.1, -0.05) is 18.2 Å². The van der Waals surface area contributed by atoms with Crippen LogP contribution in [0.3, 0.4) is 0 Å². The molecular weight excluding hydrogens is 371 g/mol. The van der Waals surface area contributed by atoms with Crippen molar-refractivity contribution in [1.82, 2.24) is 9.38 Å². The molecule has 1 aromatic carbocycles. The molecule has 0 radical (unpaired) electrons. The fourth-order valence-electron chi connectivity index (χ4n) is 3.18. The van der Waals surface area contributed by atoms with Crippen molar-refractivity contribution in [1.29, 1.82) is 0 Å². The highest BCUT2D eigenvalue weighted by Crippen LogP contribution is 2.27. The minimum absolute atomic E-state index is 0. The summed E-state index contributed by atoms with van der Waals surface area (Å²) in [5.74, 6) is 0. The van der Waals surface area contributed by atoms with E-state index in [2.05, 4.69) is 53.9 Å². The Labute approximate surface area is 142 Å². The highest BCUT2D eigenvalue weighted by Gasteiger charge is 2.12. The first-order valence-corrected chi connectivity index (χ1v) is 7.38. The number of rotatable bonds is 1. The molecule has 0 amide bonds. The number of halogens is 1. The van der Waals surface area contributed by atoms with Crippen LogP contribution >= 0.6 is 24.0 Å². The molecule has 2 heterocycles. The zero-order valence-corrected chi connectivity index (χ0v) is 14.5. The predicted octanol–water partition coefficient (Wildman–Crippen LogP) is 4.81. The second kappa shape index (κ2) is 5.79. The van der Waals surface area contributed by atoms with E-state index in [4.69, 9.17) is 4.98 Å². The average molecular weight is 390 g/mol. The standard InChI is InChI=1S/C18H18N2.HI/c1-13-5-4-8-18-19-17(12-20(13)18)16-10-9-14-6-2-3-7-15(14)11-16;/h4-5,8-12H,2-3,6-7H2,1H3;1H. The van der Waals surface area contributed by atoms with Gasteiger partial charge >= 0.3 is 0 Å². The monoisotopic (exact) mass is 390 g/mol. The van der Waals surface area contributed by atoms with Crippen molar-refractivity contribution < 1.29 is 0 Å². The van der Waals surface area contributed by atoms with Crippen LogP contribution in [0, 0.1) is 6.92 Å². The van der Waals surface area contributed by atoms with Gasteiger partial charge in [0.2, 0.25) is 0 Å². The number of aryl methyl sites for hydroxylation is 3. The van der Waals surface area contributed by atoms with E-state index in [9.17, 15) is 0 Å². The molecule has 4 rings (SSSR count). The summed E-state index contributed by atoms with van der Waals surface area (Å²) in [4.78, 5) is 4.76. The lowest BCUT2D eigenvalue weighted by molar-refractivity contribution is 0.686. The van der Waals surface area contributed by atoms with Crippen molar-refractivity contribution >= 4 is 29.6 Å². The van der Waals surface area contributed by atoms with E-state index in [-0.39, 0.29) is 24.0 Å². The molecule has 2 aromatic heterocycles. The van der Waals surface area contributed by atoms with Gasteiger partial charge in [0.1, 0.15) is 5.65 Å². The van der Waals surface area contributed by atoms with Crippen LogP contribution in [-0.2, 0) is 12.8 Å². The van der Waals surface area contributed by atoms with Crippen LogP contribution in [0.1, 0.15) is 29.7 Å². The largest absolute Gasteiger partial charge is 0.304 e. The van der Waals surface area contributed by atoms with Crippen molar-refractivity contribution in [3.05, 3.63) is 59.4 Å². The molecule has 0 bridgehead atoms. The lowest BCUT2D eigenvalue weighted by atomic mass is 9.90. The number of nitrogens with zero attached hydrogens (tertiary/aromatic N) is 2. The summed E-state index contributed by atoms with van der Waals surface area (Å²) in [6.07, 6.45) is 7.26. The van der Waals surface area contributed by atoms with Crippen molar-refractivity contribution in [3.63, 3.8) is 0 Å². The van der Waals surface area contributed by atoms with E-state index in [1.807, 2.05) is 0 Å². The summed E-state index contributed by atoms with van der Waals surface area (Å²) in [7, 11) is 0. The highest BCUT2D eigenvalue weighted by atomic mass is 127. The van der Waals surface area contributed by atoms with E-state index in [1.165, 1.54) is 48.1 Å². The quantitative estimate of drug-likeness (QED) is 0.546. The molecule has 0 atom stereocenters. The molecule has 0 fully saturated rings. The maximum absolute atomic E-state index is 4.76. The van der Waals surface area contributed by atoms with E-state index in [0.29, 0.717) is 0 Å². The second-order valence-corrected chi connectivity index (χ2v) is 5.71. The van der Waals surface area contributed by atoms with Gasteiger partial charge in [0.15, 0.2) is 0 Å². The van der Waals surface area contributed by atoms with Gasteiger partial charge in [-0.25, -0.2) is 4.98 Å². The molecule has 2 nitrogen and oxygen atoms in total. The summed E-state index contributed by atoms with van der Waals surface area (Å²) in [5.41, 5.74) is 7.61. The smallest absolute Gasteiger partial charge is 0.137 e. The minimum Gasteiger partial charge on any atom is -0.304 e. The summed E-state index contributed by atoms with van der Waals surface area (Å²) in [5, 5.41) is 0. The third-order valence-electron chi connectivity index (χ3n) is 4.34. The number of aromatic nitrogens is 2. The zero-order valence-electron chi connectivity index (χ0n) is 12.2. The molecule has 0 unspecified atom stereocenters. The molecule has 1 aliphatic carbocycles. The van der Waals surface area contributed by atoms with Gasteiger partial charge in [-0.2, -0.15) is 0 Å². The molecular formula is C18H19IN2. The highest BCUT2D eigenvalue weighted by molar-refractivity contribution is 14.0. The lowest BCUT2D eigenvalue weighted by Crippen LogP contribution is -2.02. The molecule has 21 heavy (non-hydrogen) atoms. The molecule has 0 aliphatic heterocycles. The SMILES string of the molecule is Cc1cccc2nc(-c3ccc4c(c3)CCCC4)cn12.I. The van der Waals surface area contributed by atoms with E-state index in [0.717, 1.165) is 11.3 Å². The van der Waals surface area contributed by atoms with Crippen LogP contribution < -0.4 is 0 Å². The fourth-order valence-corrected chi connectivity index (χ4v) is 3.18. The van der Waals surface area contributed by atoms with E-state index >= 15 is 0 Å². The first-order chi connectivity index (χ1) is 9.81. The van der Waals surface area contributed by atoms with Crippen LogP contribution in [0.2, 0.25) is 0 Å². The van der Waals surface area contributed by atoms with Gasteiger partial charge < -0.3 is 4.40 Å². The number of fused-ring (bicyclic) bond motifs is 2. The van der Waals surface area contributed by atoms with E-state index in [1.54, 1.807) is 0 Å². The van der Waals surface area contributed by atoms with Crippen LogP contribution in [0.15, 0.2) is 42.6 Å². The Bertz CT molecular complexity index is 789. The van der Waals surface area contributed by atoms with Gasteiger partial charge in [-0.05, 0) is 61.9 Å². The summed E-state index contributed by atoms with van der Waals surface area (Å²) >= 11 is 0. The minimum atomic E-state index is 0. The number of pyridine rings is 1. The van der Waals surface area contributed by atoms with Gasteiger partial charge in [0.25, 0.3) is 0 Å². The third-order valence-corrected chi connectivity index (χ3v) is 4.34. The summed E-state index contributed by atoms with van der Waals surface area (Å²) in [6.45, 7) is 2.12. The topological polar surface area (TPSA) is 17.3 Å². The van der Waals surface area contributed by atoms with Crippen LogP contribution in [0.25, 0.3) is 16.9 Å². The summed E-state index contributed by atoms with van der Waals surface area (Å²) in [6, 6.07) is 13.1. The number of benzene rings is 1. The van der Waals surface area contributed by atoms with Crippen molar-refractivity contribution in [3.8, 4) is 11.3 Å². The lowest BCUT2D eigenvalue weighted by Gasteiger charge is -2.15. The van der Waals surface area contributed by atoms with Crippen LogP contribution in [-0.4, -0.2) is 9.38 Å². The Hall–Kier alpha value is -1.36. The van der Waals surface area contributed by atoms with Gasteiger partial charge in [-0.3, -0.25) is 0 Å². The molecule has 0 saturated carbocycles. The van der Waals surface area contributed by atoms with Crippen molar-refractivity contribution in [2.45, 2.75) is 32.6 Å². The molecule has 3 aromatic rings. The van der Waals surface area contributed by atoms with Crippen molar-refractivity contribution in [2.24, 2.45) is 0 Å². The van der Waals surface area contributed by atoms with Crippen LogP contribution in [0.4, 0.5) is 0 Å². The van der Waals surface area contributed by atoms with E-state index < -0.39 is 0 Å². The molecule has 0 spiro atoms. The number of imidazole rings is 1. The average Bonchev–Trinajstić information content (AvgIpc) is 2.92. The third kappa shape index (κ3) is 2.59. The molecule has 108 valence electrons. The first kappa shape index (κ1) is 14.6. The Morgan fingerprint density at radius 3 is 2.62 bits per heavy atom. The van der Waals surface area contributed by atoms with Gasteiger partial charge in [0.05, 0.1) is 5.69 Å².